The Kier molecular flexibility index (Phi) is 5.75. The summed E-state index contributed by atoms with van der Waals surface area (Å²) in [7, 11) is 0. The topological polar surface area (TPSA) is 67.2 Å². The molecule has 0 bridgehead atoms. The number of amides is 1. The molecule has 114 valence electrons. The van der Waals surface area contributed by atoms with Crippen LogP contribution in [0.5, 0.6) is 0 Å². The molecule has 21 heavy (non-hydrogen) atoms. The van der Waals surface area contributed by atoms with E-state index < -0.39 is 0 Å². The van der Waals surface area contributed by atoms with E-state index in [-0.39, 0.29) is 18.6 Å². The largest absolute Gasteiger partial charge is 0.396 e. The van der Waals surface area contributed by atoms with E-state index >= 15 is 0 Å². The van der Waals surface area contributed by atoms with Gasteiger partial charge in [0, 0.05) is 13.2 Å². The molecule has 2 N–H and O–H groups in total. The van der Waals surface area contributed by atoms with Crippen LogP contribution in [0.15, 0.2) is 30.6 Å². The monoisotopic (exact) mass is 289 g/mol. The number of nitrogens with zero attached hydrogens (tertiary/aromatic N) is 2. The molecule has 1 amide bonds. The lowest BCUT2D eigenvalue weighted by molar-refractivity contribution is -0.123. The molecule has 0 fully saturated rings. The van der Waals surface area contributed by atoms with Crippen molar-refractivity contribution in [3.8, 4) is 0 Å². The summed E-state index contributed by atoms with van der Waals surface area (Å²) in [5, 5.41) is 11.7. The molecule has 1 heterocycles. The zero-order valence-electron chi connectivity index (χ0n) is 12.5. The third-order valence-electron chi connectivity index (χ3n) is 3.66. The number of carbonyl (C=O) groups is 1. The maximum Gasteiger partial charge on any atom is 0.242 e. The highest BCUT2D eigenvalue weighted by molar-refractivity contribution is 5.83. The molecule has 0 aliphatic carbocycles. The summed E-state index contributed by atoms with van der Waals surface area (Å²) >= 11 is 0. The average molecular weight is 289 g/mol. The Bertz CT molecular complexity index is 580. The highest BCUT2D eigenvalue weighted by atomic mass is 16.2. The minimum atomic E-state index is -0.269. The van der Waals surface area contributed by atoms with E-state index in [1.807, 2.05) is 35.8 Å². The van der Waals surface area contributed by atoms with Crippen molar-refractivity contribution < 1.29 is 9.90 Å². The average Bonchev–Trinajstić information content (AvgIpc) is 2.93. The maximum absolute atomic E-state index is 12.2. The molecular weight excluding hydrogens is 266 g/mol. The number of para-hydroxylation sites is 2. The molecule has 1 aromatic heterocycles. The summed E-state index contributed by atoms with van der Waals surface area (Å²) in [6.07, 6.45) is 5.54. The van der Waals surface area contributed by atoms with Crippen molar-refractivity contribution in [3.05, 3.63) is 30.6 Å². The fourth-order valence-electron chi connectivity index (χ4n) is 2.36. The zero-order chi connectivity index (χ0) is 15.1. The lowest BCUT2D eigenvalue weighted by Crippen LogP contribution is -2.31. The van der Waals surface area contributed by atoms with Crippen LogP contribution in [-0.2, 0) is 4.79 Å². The summed E-state index contributed by atoms with van der Waals surface area (Å²) < 4.78 is 1.90. The zero-order valence-corrected chi connectivity index (χ0v) is 12.5. The van der Waals surface area contributed by atoms with E-state index in [1.165, 1.54) is 0 Å². The third-order valence-corrected chi connectivity index (χ3v) is 3.66. The van der Waals surface area contributed by atoms with Gasteiger partial charge in [0.25, 0.3) is 0 Å². The van der Waals surface area contributed by atoms with Crippen LogP contribution in [0, 0.1) is 0 Å². The van der Waals surface area contributed by atoms with Crippen LogP contribution in [0.4, 0.5) is 0 Å². The number of fused-ring (bicyclic) bond motifs is 1. The molecule has 0 aliphatic rings. The van der Waals surface area contributed by atoms with Gasteiger partial charge < -0.3 is 15.0 Å². The molecule has 2 rings (SSSR count). The highest BCUT2D eigenvalue weighted by Gasteiger charge is 2.16. The fourth-order valence-corrected chi connectivity index (χ4v) is 2.36. The maximum atomic E-state index is 12.2. The first-order chi connectivity index (χ1) is 10.2. The van der Waals surface area contributed by atoms with Gasteiger partial charge in [0.2, 0.25) is 5.91 Å². The number of benzene rings is 1. The quantitative estimate of drug-likeness (QED) is 0.733. The number of unbranched alkanes of at least 4 members (excludes halogenated alkanes) is 3. The number of hydrogen-bond donors (Lipinski definition) is 2. The third kappa shape index (κ3) is 4.04. The Morgan fingerprint density at radius 2 is 2.05 bits per heavy atom. The number of nitrogens with one attached hydrogen (secondary N) is 1. The molecule has 1 atom stereocenters. The molecule has 0 spiro atoms. The smallest absolute Gasteiger partial charge is 0.242 e. The predicted molar refractivity (Wildman–Crippen MR) is 83.0 cm³/mol. The fraction of sp³-hybridized carbons (Fsp3) is 0.500. The van der Waals surface area contributed by atoms with Gasteiger partial charge in [-0.3, -0.25) is 4.79 Å². The van der Waals surface area contributed by atoms with Crippen molar-refractivity contribution in [2.24, 2.45) is 0 Å². The Labute approximate surface area is 125 Å². The van der Waals surface area contributed by atoms with Crippen LogP contribution in [0.2, 0.25) is 0 Å². The lowest BCUT2D eigenvalue weighted by Gasteiger charge is -2.14. The second-order valence-electron chi connectivity index (χ2n) is 5.25. The minimum absolute atomic E-state index is 0.0142. The number of aliphatic hydroxyl groups is 1. The summed E-state index contributed by atoms with van der Waals surface area (Å²) in [6.45, 7) is 2.81. The van der Waals surface area contributed by atoms with Crippen molar-refractivity contribution in [2.45, 2.75) is 38.6 Å². The van der Waals surface area contributed by atoms with Gasteiger partial charge >= 0.3 is 0 Å². The van der Waals surface area contributed by atoms with Crippen molar-refractivity contribution in [2.75, 3.05) is 13.2 Å². The Morgan fingerprint density at radius 3 is 2.86 bits per heavy atom. The van der Waals surface area contributed by atoms with E-state index in [1.54, 1.807) is 6.33 Å². The van der Waals surface area contributed by atoms with E-state index in [2.05, 4.69) is 10.3 Å². The molecule has 1 unspecified atom stereocenters. The number of aliphatic hydroxyl groups excluding tert-OH is 1. The molecule has 0 saturated heterocycles. The van der Waals surface area contributed by atoms with Gasteiger partial charge in [0.05, 0.1) is 17.4 Å². The van der Waals surface area contributed by atoms with Gasteiger partial charge in [0.1, 0.15) is 6.04 Å². The molecule has 0 radical (unpaired) electrons. The number of imidazole rings is 1. The van der Waals surface area contributed by atoms with Crippen LogP contribution in [-0.4, -0.2) is 33.7 Å². The number of carbonyl (C=O) groups excluding carboxylic acids is 1. The minimum Gasteiger partial charge on any atom is -0.396 e. The van der Waals surface area contributed by atoms with E-state index in [4.69, 9.17) is 5.11 Å². The molecule has 0 aliphatic heterocycles. The number of rotatable bonds is 8. The summed E-state index contributed by atoms with van der Waals surface area (Å²) in [5.41, 5.74) is 1.88. The van der Waals surface area contributed by atoms with Gasteiger partial charge in [-0.15, -0.1) is 0 Å². The summed E-state index contributed by atoms with van der Waals surface area (Å²) in [6, 6.07) is 7.54. The van der Waals surface area contributed by atoms with Crippen molar-refractivity contribution in [1.82, 2.24) is 14.9 Å². The van der Waals surface area contributed by atoms with E-state index in [9.17, 15) is 4.79 Å². The molecule has 5 heteroatoms. The lowest BCUT2D eigenvalue weighted by atomic mass is 10.2. The van der Waals surface area contributed by atoms with Crippen LogP contribution in [0.3, 0.4) is 0 Å². The first-order valence-electron chi connectivity index (χ1n) is 7.54. The molecule has 1 aromatic carbocycles. The van der Waals surface area contributed by atoms with Crippen LogP contribution in [0.1, 0.15) is 38.6 Å². The van der Waals surface area contributed by atoms with Gasteiger partial charge in [-0.25, -0.2) is 4.98 Å². The van der Waals surface area contributed by atoms with E-state index in [0.29, 0.717) is 6.54 Å². The Balaban J connectivity index is 1.85. The Morgan fingerprint density at radius 1 is 1.29 bits per heavy atom. The predicted octanol–water partition coefficient (Wildman–Crippen LogP) is 2.27. The van der Waals surface area contributed by atoms with Gasteiger partial charge in [-0.2, -0.15) is 0 Å². The molecular formula is C16H23N3O2. The first kappa shape index (κ1) is 15.5. The van der Waals surface area contributed by atoms with Crippen molar-refractivity contribution in [1.29, 1.82) is 0 Å². The van der Waals surface area contributed by atoms with Crippen molar-refractivity contribution >= 4 is 16.9 Å². The summed E-state index contributed by atoms with van der Waals surface area (Å²) in [5.74, 6) is 0.0142. The second-order valence-corrected chi connectivity index (χ2v) is 5.25. The number of hydrogen-bond acceptors (Lipinski definition) is 3. The number of aromatic nitrogens is 2. The molecule has 0 saturated carbocycles. The van der Waals surface area contributed by atoms with Crippen LogP contribution >= 0.6 is 0 Å². The molecule has 5 nitrogen and oxygen atoms in total. The van der Waals surface area contributed by atoms with E-state index in [0.717, 1.165) is 36.7 Å². The summed E-state index contributed by atoms with van der Waals surface area (Å²) in [4.78, 5) is 16.5. The standard InChI is InChI=1S/C16H23N3O2/c1-13(16(21)17-10-6-2-3-7-11-20)19-12-18-14-8-4-5-9-15(14)19/h4-5,8-9,12-13,20H,2-3,6-7,10-11H2,1H3,(H,17,21). The highest BCUT2D eigenvalue weighted by Crippen LogP contribution is 2.17. The van der Waals surface area contributed by atoms with Gasteiger partial charge in [-0.1, -0.05) is 25.0 Å². The van der Waals surface area contributed by atoms with Crippen LogP contribution in [0.25, 0.3) is 11.0 Å². The molecule has 2 aromatic rings. The SMILES string of the molecule is CC(C(=O)NCCCCCCO)n1cnc2ccccc21. The van der Waals surface area contributed by atoms with Crippen LogP contribution < -0.4 is 5.32 Å². The second kappa shape index (κ2) is 7.78. The Hall–Kier alpha value is -1.88. The van der Waals surface area contributed by atoms with Gasteiger partial charge in [0.15, 0.2) is 0 Å². The van der Waals surface area contributed by atoms with Gasteiger partial charge in [-0.05, 0) is 31.9 Å². The first-order valence-corrected chi connectivity index (χ1v) is 7.54. The van der Waals surface area contributed by atoms with Crippen molar-refractivity contribution in [3.63, 3.8) is 0 Å². The normalized spacial score (nSPS) is 12.5.